The van der Waals surface area contributed by atoms with Crippen LogP contribution < -0.4 is 10.6 Å². The average molecular weight is 286 g/mol. The largest absolute Gasteiger partial charge is 0.469 e. The normalized spacial score (nSPS) is 22.3. The van der Waals surface area contributed by atoms with Crippen LogP contribution in [-0.4, -0.2) is 51.3 Å². The predicted molar refractivity (Wildman–Crippen MR) is 75.3 cm³/mol. The lowest BCUT2D eigenvalue weighted by Crippen LogP contribution is -2.50. The van der Waals surface area contributed by atoms with Crippen molar-refractivity contribution in [1.82, 2.24) is 10.6 Å². The van der Waals surface area contributed by atoms with Crippen LogP contribution in [0.4, 0.5) is 0 Å². The summed E-state index contributed by atoms with van der Waals surface area (Å²) in [5.74, 6) is -0.382. The van der Waals surface area contributed by atoms with Gasteiger partial charge in [0, 0.05) is 25.2 Å². The molecule has 1 aliphatic carbocycles. The van der Waals surface area contributed by atoms with Gasteiger partial charge in [-0.25, -0.2) is 0 Å². The van der Waals surface area contributed by atoms with Gasteiger partial charge in [0.1, 0.15) is 0 Å². The molecule has 116 valence electrons. The molecule has 0 aromatic carbocycles. The van der Waals surface area contributed by atoms with E-state index in [0.29, 0.717) is 38.0 Å². The Morgan fingerprint density at radius 1 is 0.900 bits per heavy atom. The topological polar surface area (TPSA) is 76.7 Å². The van der Waals surface area contributed by atoms with Gasteiger partial charge >= 0.3 is 11.9 Å². The van der Waals surface area contributed by atoms with Crippen LogP contribution in [0.1, 0.15) is 38.5 Å². The first-order valence-electron chi connectivity index (χ1n) is 7.27. The van der Waals surface area contributed by atoms with Crippen molar-refractivity contribution >= 4 is 11.9 Å². The molecule has 0 bridgehead atoms. The first kappa shape index (κ1) is 16.9. The van der Waals surface area contributed by atoms with Crippen molar-refractivity contribution in [3.63, 3.8) is 0 Å². The standard InChI is InChI=1S/C14H26N2O4/c1-19-13(17)7-9-15-11-5-3-4-6-12(11)16-10-8-14(18)20-2/h11-12,15-16H,3-10H2,1-2H3/t11-,12-/m1/s1. The van der Waals surface area contributed by atoms with Gasteiger partial charge in [-0.2, -0.15) is 0 Å². The van der Waals surface area contributed by atoms with Crippen molar-refractivity contribution in [3.8, 4) is 0 Å². The van der Waals surface area contributed by atoms with Crippen molar-refractivity contribution in [2.45, 2.75) is 50.6 Å². The van der Waals surface area contributed by atoms with Crippen molar-refractivity contribution in [2.24, 2.45) is 0 Å². The predicted octanol–water partition coefficient (Wildman–Crippen LogP) is 0.603. The summed E-state index contributed by atoms with van der Waals surface area (Å²) in [6.45, 7) is 1.26. The fourth-order valence-electron chi connectivity index (χ4n) is 2.54. The molecule has 6 nitrogen and oxygen atoms in total. The minimum Gasteiger partial charge on any atom is -0.469 e. The van der Waals surface area contributed by atoms with E-state index in [1.54, 1.807) is 0 Å². The summed E-state index contributed by atoms with van der Waals surface area (Å²) in [5, 5.41) is 6.82. The molecule has 0 amide bonds. The highest BCUT2D eigenvalue weighted by atomic mass is 16.5. The zero-order chi connectivity index (χ0) is 14.8. The van der Waals surface area contributed by atoms with Crippen molar-refractivity contribution in [3.05, 3.63) is 0 Å². The maximum absolute atomic E-state index is 11.1. The van der Waals surface area contributed by atoms with E-state index in [2.05, 4.69) is 20.1 Å². The molecule has 1 fully saturated rings. The maximum atomic E-state index is 11.1. The fraction of sp³-hybridized carbons (Fsp3) is 0.857. The number of methoxy groups -OCH3 is 2. The third-order valence-corrected chi connectivity index (χ3v) is 3.69. The summed E-state index contributed by atoms with van der Waals surface area (Å²) in [6, 6.07) is 0.706. The average Bonchev–Trinajstić information content (AvgIpc) is 2.48. The van der Waals surface area contributed by atoms with Crippen molar-refractivity contribution in [2.75, 3.05) is 27.3 Å². The van der Waals surface area contributed by atoms with E-state index in [1.807, 2.05) is 0 Å². The number of carbonyl (C=O) groups excluding carboxylic acids is 2. The second-order valence-corrected chi connectivity index (χ2v) is 5.06. The van der Waals surface area contributed by atoms with Gasteiger partial charge in [-0.3, -0.25) is 9.59 Å². The van der Waals surface area contributed by atoms with Crippen LogP contribution in [-0.2, 0) is 19.1 Å². The maximum Gasteiger partial charge on any atom is 0.306 e. The van der Waals surface area contributed by atoms with E-state index in [4.69, 9.17) is 0 Å². The zero-order valence-electron chi connectivity index (χ0n) is 12.4. The molecule has 0 aliphatic heterocycles. The second kappa shape index (κ2) is 9.72. The second-order valence-electron chi connectivity index (χ2n) is 5.06. The van der Waals surface area contributed by atoms with Crippen LogP contribution >= 0.6 is 0 Å². The molecule has 0 spiro atoms. The highest BCUT2D eigenvalue weighted by Crippen LogP contribution is 2.18. The first-order valence-corrected chi connectivity index (χ1v) is 7.27. The minimum atomic E-state index is -0.191. The van der Waals surface area contributed by atoms with Gasteiger partial charge in [-0.1, -0.05) is 12.8 Å². The van der Waals surface area contributed by atoms with Crippen LogP contribution in [0.2, 0.25) is 0 Å². The number of esters is 2. The van der Waals surface area contributed by atoms with E-state index in [0.717, 1.165) is 12.8 Å². The summed E-state index contributed by atoms with van der Waals surface area (Å²) >= 11 is 0. The Morgan fingerprint density at radius 3 is 1.65 bits per heavy atom. The summed E-state index contributed by atoms with van der Waals surface area (Å²) in [4.78, 5) is 22.2. The lowest BCUT2D eigenvalue weighted by atomic mass is 9.90. The van der Waals surface area contributed by atoms with Crippen LogP contribution in [0, 0.1) is 0 Å². The third-order valence-electron chi connectivity index (χ3n) is 3.69. The molecule has 0 radical (unpaired) electrons. The van der Waals surface area contributed by atoms with Gasteiger partial charge in [-0.15, -0.1) is 0 Å². The number of ether oxygens (including phenoxy) is 2. The zero-order valence-corrected chi connectivity index (χ0v) is 12.4. The van der Waals surface area contributed by atoms with E-state index in [9.17, 15) is 9.59 Å². The molecule has 0 saturated heterocycles. The first-order chi connectivity index (χ1) is 9.67. The van der Waals surface area contributed by atoms with Gasteiger partial charge in [0.05, 0.1) is 27.1 Å². The summed E-state index contributed by atoms with van der Waals surface area (Å²) in [5.41, 5.74) is 0. The quantitative estimate of drug-likeness (QED) is 0.637. The Bertz CT molecular complexity index is 280. The molecule has 2 N–H and O–H groups in total. The third kappa shape index (κ3) is 6.34. The minimum absolute atomic E-state index is 0.191. The lowest BCUT2D eigenvalue weighted by Gasteiger charge is -2.33. The molecule has 20 heavy (non-hydrogen) atoms. The number of rotatable bonds is 8. The number of hydrogen-bond donors (Lipinski definition) is 2. The molecule has 2 atom stereocenters. The smallest absolute Gasteiger partial charge is 0.306 e. The Balaban J connectivity index is 2.26. The molecule has 1 rings (SSSR count). The monoisotopic (exact) mass is 286 g/mol. The Morgan fingerprint density at radius 2 is 1.30 bits per heavy atom. The number of carbonyl (C=O) groups is 2. The van der Waals surface area contributed by atoms with Gasteiger partial charge < -0.3 is 20.1 Å². The van der Waals surface area contributed by atoms with Gasteiger partial charge in [0.25, 0.3) is 0 Å². The van der Waals surface area contributed by atoms with Gasteiger partial charge in [-0.05, 0) is 12.8 Å². The van der Waals surface area contributed by atoms with Gasteiger partial charge in [0.2, 0.25) is 0 Å². The highest BCUT2D eigenvalue weighted by Gasteiger charge is 2.24. The molecule has 0 aromatic rings. The Hall–Kier alpha value is -1.14. The molecule has 6 heteroatoms. The molecule has 1 aliphatic rings. The van der Waals surface area contributed by atoms with E-state index in [1.165, 1.54) is 27.1 Å². The summed E-state index contributed by atoms with van der Waals surface area (Å²) in [6.07, 6.45) is 5.37. The summed E-state index contributed by atoms with van der Waals surface area (Å²) < 4.78 is 9.25. The van der Waals surface area contributed by atoms with Crippen molar-refractivity contribution in [1.29, 1.82) is 0 Å². The van der Waals surface area contributed by atoms with Crippen molar-refractivity contribution < 1.29 is 19.1 Å². The van der Waals surface area contributed by atoms with E-state index in [-0.39, 0.29) is 11.9 Å². The number of nitrogens with one attached hydrogen (secondary N) is 2. The highest BCUT2D eigenvalue weighted by molar-refractivity contribution is 5.69. The summed E-state index contributed by atoms with van der Waals surface area (Å²) in [7, 11) is 2.81. The molecule has 1 saturated carbocycles. The molecule has 0 heterocycles. The molecular formula is C14H26N2O4. The van der Waals surface area contributed by atoms with Crippen LogP contribution in [0.15, 0.2) is 0 Å². The molecular weight excluding hydrogens is 260 g/mol. The fourth-order valence-corrected chi connectivity index (χ4v) is 2.54. The Labute approximate surface area is 120 Å². The van der Waals surface area contributed by atoms with E-state index < -0.39 is 0 Å². The Kier molecular flexibility index (Phi) is 8.22. The van der Waals surface area contributed by atoms with Crippen LogP contribution in [0.25, 0.3) is 0 Å². The SMILES string of the molecule is COC(=O)CCN[C@@H]1CCCC[C@H]1NCCC(=O)OC. The lowest BCUT2D eigenvalue weighted by molar-refractivity contribution is -0.141. The van der Waals surface area contributed by atoms with Crippen LogP contribution in [0.3, 0.4) is 0 Å². The van der Waals surface area contributed by atoms with E-state index >= 15 is 0 Å². The molecule has 0 unspecified atom stereocenters. The number of hydrogen-bond acceptors (Lipinski definition) is 6. The molecule has 0 aromatic heterocycles. The van der Waals surface area contributed by atoms with Crippen LogP contribution in [0.5, 0.6) is 0 Å². The van der Waals surface area contributed by atoms with Gasteiger partial charge in [0.15, 0.2) is 0 Å².